The minimum Gasteiger partial charge on any atom is -0.338 e. The van der Waals surface area contributed by atoms with Gasteiger partial charge in [0.05, 0.1) is 6.04 Å². The molecule has 2 rings (SSSR count). The van der Waals surface area contributed by atoms with Gasteiger partial charge in [-0.05, 0) is 36.6 Å². The summed E-state index contributed by atoms with van der Waals surface area (Å²) in [5.41, 5.74) is 0.805. The monoisotopic (exact) mass is 323 g/mol. The molecule has 1 atom stereocenters. The molecule has 5 nitrogen and oxygen atoms in total. The number of anilines is 1. The van der Waals surface area contributed by atoms with Crippen LogP contribution in [-0.2, 0) is 4.79 Å². The number of carbonyl (C=O) groups is 2. The normalized spacial score (nSPS) is 17.9. The fraction of sp³-hybridized carbons (Fsp3) is 0.500. The predicted molar refractivity (Wildman–Crippen MR) is 88.2 cm³/mol. The van der Waals surface area contributed by atoms with E-state index >= 15 is 0 Å². The summed E-state index contributed by atoms with van der Waals surface area (Å²) in [6.07, 6.45) is 1.26. The number of rotatable bonds is 5. The summed E-state index contributed by atoms with van der Waals surface area (Å²) in [6, 6.07) is 6.75. The minimum atomic E-state index is -0.212. The van der Waals surface area contributed by atoms with Gasteiger partial charge in [0.15, 0.2) is 0 Å². The van der Waals surface area contributed by atoms with Crippen LogP contribution in [0.5, 0.6) is 0 Å². The van der Waals surface area contributed by atoms with E-state index in [0.717, 1.165) is 12.1 Å². The molecule has 1 aromatic carbocycles. The third-order valence-electron chi connectivity index (χ3n) is 3.61. The lowest BCUT2D eigenvalue weighted by molar-refractivity contribution is -0.117. The Hall–Kier alpha value is -1.75. The van der Waals surface area contributed by atoms with E-state index in [1.165, 1.54) is 0 Å². The van der Waals surface area contributed by atoms with E-state index in [1.54, 1.807) is 17.0 Å². The fourth-order valence-electron chi connectivity index (χ4n) is 2.39. The van der Waals surface area contributed by atoms with E-state index in [0.29, 0.717) is 30.5 Å². The summed E-state index contributed by atoms with van der Waals surface area (Å²) in [4.78, 5) is 25.6. The summed E-state index contributed by atoms with van der Waals surface area (Å²) >= 11 is 5.85. The quantitative estimate of drug-likeness (QED) is 0.875. The number of hydrogen-bond donors (Lipinski definition) is 2. The van der Waals surface area contributed by atoms with Crippen molar-refractivity contribution >= 4 is 29.2 Å². The summed E-state index contributed by atoms with van der Waals surface area (Å²) in [6.45, 7) is 5.35. The molecule has 6 heteroatoms. The Labute approximate surface area is 136 Å². The maximum absolute atomic E-state index is 12.1. The molecule has 0 unspecified atom stereocenters. The average Bonchev–Trinajstić information content (AvgIpc) is 2.80. The van der Waals surface area contributed by atoms with Crippen LogP contribution >= 0.6 is 11.6 Å². The van der Waals surface area contributed by atoms with E-state index < -0.39 is 0 Å². The lowest BCUT2D eigenvalue weighted by atomic mass is 10.1. The molecule has 0 spiro atoms. The molecule has 0 saturated carbocycles. The molecule has 0 aliphatic carbocycles. The van der Waals surface area contributed by atoms with Crippen molar-refractivity contribution in [2.45, 2.75) is 32.7 Å². The molecule has 3 amide bonds. The highest BCUT2D eigenvalue weighted by Crippen LogP contribution is 2.23. The van der Waals surface area contributed by atoms with Crippen LogP contribution in [0, 0.1) is 5.92 Å². The van der Waals surface area contributed by atoms with E-state index in [2.05, 4.69) is 24.5 Å². The van der Waals surface area contributed by atoms with Crippen LogP contribution in [0.25, 0.3) is 0 Å². The molecule has 1 aromatic rings. The second-order valence-electron chi connectivity index (χ2n) is 5.96. The number of urea groups is 1. The van der Waals surface area contributed by atoms with E-state index in [1.807, 2.05) is 12.1 Å². The number of nitrogens with zero attached hydrogens (tertiary/aromatic N) is 1. The summed E-state index contributed by atoms with van der Waals surface area (Å²) < 4.78 is 0. The molecule has 1 heterocycles. The van der Waals surface area contributed by atoms with Crippen LogP contribution in [0.3, 0.4) is 0 Å². The van der Waals surface area contributed by atoms with Crippen molar-refractivity contribution in [3.8, 4) is 0 Å². The maximum atomic E-state index is 12.1. The van der Waals surface area contributed by atoms with Crippen LogP contribution in [0.4, 0.5) is 10.5 Å². The van der Waals surface area contributed by atoms with Crippen molar-refractivity contribution in [3.63, 3.8) is 0 Å². The smallest absolute Gasteiger partial charge is 0.315 e. The number of hydrogen-bond acceptors (Lipinski definition) is 2. The molecule has 0 radical (unpaired) electrons. The fourth-order valence-corrected chi connectivity index (χ4v) is 2.51. The lowest BCUT2D eigenvalue weighted by Crippen LogP contribution is -2.43. The molecule has 22 heavy (non-hydrogen) atoms. The van der Waals surface area contributed by atoms with Gasteiger partial charge >= 0.3 is 6.03 Å². The highest BCUT2D eigenvalue weighted by atomic mass is 35.5. The highest BCUT2D eigenvalue weighted by molar-refractivity contribution is 6.30. The molecule has 120 valence electrons. The second kappa shape index (κ2) is 7.49. The number of nitrogens with one attached hydrogen (secondary N) is 2. The Bertz CT molecular complexity index is 531. The van der Waals surface area contributed by atoms with Crippen molar-refractivity contribution in [3.05, 3.63) is 29.3 Å². The average molecular weight is 324 g/mol. The maximum Gasteiger partial charge on any atom is 0.315 e. The van der Waals surface area contributed by atoms with Crippen LogP contribution in [0.15, 0.2) is 24.3 Å². The van der Waals surface area contributed by atoms with Gasteiger partial charge in [-0.2, -0.15) is 0 Å². The van der Waals surface area contributed by atoms with Crippen LogP contribution in [-0.4, -0.2) is 31.1 Å². The van der Waals surface area contributed by atoms with Crippen molar-refractivity contribution in [1.29, 1.82) is 0 Å². The largest absolute Gasteiger partial charge is 0.338 e. The number of benzene rings is 1. The Morgan fingerprint density at radius 1 is 1.36 bits per heavy atom. The van der Waals surface area contributed by atoms with Gasteiger partial charge in [0.1, 0.15) is 0 Å². The first-order valence-corrected chi connectivity index (χ1v) is 7.94. The Kier molecular flexibility index (Phi) is 5.66. The third-order valence-corrected chi connectivity index (χ3v) is 3.86. The van der Waals surface area contributed by atoms with Crippen molar-refractivity contribution in [2.75, 3.05) is 18.0 Å². The second-order valence-corrected chi connectivity index (χ2v) is 6.40. The van der Waals surface area contributed by atoms with Crippen LogP contribution in [0.1, 0.15) is 26.7 Å². The Balaban J connectivity index is 1.84. The van der Waals surface area contributed by atoms with Crippen LogP contribution < -0.4 is 15.5 Å². The first-order valence-electron chi connectivity index (χ1n) is 7.56. The van der Waals surface area contributed by atoms with Gasteiger partial charge < -0.3 is 15.5 Å². The van der Waals surface area contributed by atoms with Gasteiger partial charge in [-0.1, -0.05) is 25.4 Å². The predicted octanol–water partition coefficient (Wildman–Crippen LogP) is 2.79. The molecule has 2 N–H and O–H groups in total. The number of amides is 3. The zero-order valence-electron chi connectivity index (χ0n) is 12.9. The first-order chi connectivity index (χ1) is 10.5. The third kappa shape index (κ3) is 4.63. The highest BCUT2D eigenvalue weighted by Gasteiger charge is 2.31. The molecule has 1 fully saturated rings. The lowest BCUT2D eigenvalue weighted by Gasteiger charge is -2.17. The standard InChI is InChI=1S/C16H22ClN3O2/c1-11(2)7-8-18-16(22)19-13-9-15(21)20(10-13)14-5-3-12(17)4-6-14/h3-6,11,13H,7-10H2,1-2H3,(H2,18,19,22)/t13-/m1/s1. The molecule has 0 aromatic heterocycles. The molecular formula is C16H22ClN3O2. The molecule has 1 saturated heterocycles. The minimum absolute atomic E-state index is 0.00908. The summed E-state index contributed by atoms with van der Waals surface area (Å²) in [5, 5.41) is 6.31. The van der Waals surface area contributed by atoms with E-state index in [-0.39, 0.29) is 18.0 Å². The van der Waals surface area contributed by atoms with Gasteiger partial charge in [0.2, 0.25) is 5.91 Å². The van der Waals surface area contributed by atoms with Crippen molar-refractivity contribution < 1.29 is 9.59 Å². The van der Waals surface area contributed by atoms with Crippen molar-refractivity contribution in [1.82, 2.24) is 10.6 Å². The summed E-state index contributed by atoms with van der Waals surface area (Å²) in [5.74, 6) is 0.559. The molecule has 0 bridgehead atoms. The first kappa shape index (κ1) is 16.6. The van der Waals surface area contributed by atoms with Gasteiger partial charge in [0.25, 0.3) is 0 Å². The number of carbonyl (C=O) groups excluding carboxylic acids is 2. The Morgan fingerprint density at radius 2 is 2.05 bits per heavy atom. The number of halogens is 1. The summed E-state index contributed by atoms with van der Waals surface area (Å²) in [7, 11) is 0. The van der Waals surface area contributed by atoms with Gasteiger partial charge in [-0.25, -0.2) is 4.79 Å². The van der Waals surface area contributed by atoms with Gasteiger partial charge in [0, 0.05) is 30.2 Å². The van der Waals surface area contributed by atoms with Crippen molar-refractivity contribution in [2.24, 2.45) is 5.92 Å². The molecular weight excluding hydrogens is 302 g/mol. The topological polar surface area (TPSA) is 61.4 Å². The van der Waals surface area contributed by atoms with Crippen LogP contribution in [0.2, 0.25) is 5.02 Å². The SMILES string of the molecule is CC(C)CCNC(=O)N[C@@H]1CC(=O)N(c2ccc(Cl)cc2)C1. The molecule has 1 aliphatic rings. The van der Waals surface area contributed by atoms with E-state index in [4.69, 9.17) is 11.6 Å². The zero-order chi connectivity index (χ0) is 16.1. The van der Waals surface area contributed by atoms with Gasteiger partial charge in [-0.15, -0.1) is 0 Å². The Morgan fingerprint density at radius 3 is 2.68 bits per heavy atom. The van der Waals surface area contributed by atoms with Gasteiger partial charge in [-0.3, -0.25) is 4.79 Å². The molecule has 1 aliphatic heterocycles. The van der Waals surface area contributed by atoms with E-state index in [9.17, 15) is 9.59 Å². The zero-order valence-corrected chi connectivity index (χ0v) is 13.7.